The molecule has 40 heavy (non-hydrogen) atoms. The summed E-state index contributed by atoms with van der Waals surface area (Å²) < 4.78 is 0. The number of aryl methyl sites for hydroxylation is 4. The van der Waals surface area contributed by atoms with Crippen LogP contribution in [0.2, 0.25) is 0 Å². The lowest BCUT2D eigenvalue weighted by Gasteiger charge is -2.22. The van der Waals surface area contributed by atoms with Crippen molar-refractivity contribution in [3.8, 4) is 5.75 Å². The number of aromatic nitrogens is 2. The number of aliphatic imine (C=N–C) groups is 2. The summed E-state index contributed by atoms with van der Waals surface area (Å²) >= 11 is 0. The molecule has 198 valence electrons. The summed E-state index contributed by atoms with van der Waals surface area (Å²) in [6, 6.07) is 27.9. The zero-order valence-electron chi connectivity index (χ0n) is 23.2. The fourth-order valence-electron chi connectivity index (χ4n) is 5.13. The molecule has 0 aliphatic rings. The first-order valence-corrected chi connectivity index (χ1v) is 13.3. The molecule has 0 saturated carbocycles. The molecule has 0 saturated heterocycles. The van der Waals surface area contributed by atoms with Gasteiger partial charge in [0.1, 0.15) is 5.75 Å². The number of hydrogen-bond donors (Lipinski definition) is 1. The molecule has 0 spiro atoms. The van der Waals surface area contributed by atoms with Gasteiger partial charge >= 0.3 is 0 Å². The molecule has 0 fully saturated rings. The highest BCUT2D eigenvalue weighted by Gasteiger charge is 2.21. The van der Waals surface area contributed by atoms with Gasteiger partial charge < -0.3 is 5.11 Å². The van der Waals surface area contributed by atoms with Crippen molar-refractivity contribution in [2.75, 3.05) is 0 Å². The lowest BCUT2D eigenvalue weighted by atomic mass is 9.82. The zero-order valence-corrected chi connectivity index (χ0v) is 23.2. The van der Waals surface area contributed by atoms with Crippen LogP contribution in [0.3, 0.4) is 0 Å². The van der Waals surface area contributed by atoms with Crippen molar-refractivity contribution in [1.82, 2.24) is 9.97 Å². The maximum Gasteiger partial charge on any atom is 0.115 e. The van der Waals surface area contributed by atoms with Crippen molar-refractivity contribution in [3.63, 3.8) is 0 Å². The molecule has 0 aliphatic heterocycles. The van der Waals surface area contributed by atoms with Gasteiger partial charge in [0.15, 0.2) is 0 Å². The molecule has 0 atom stereocenters. The fraction of sp³-hybridized carbons (Fsp3) is 0.143. The molecule has 5 rings (SSSR count). The zero-order chi connectivity index (χ0) is 28.1. The molecule has 0 radical (unpaired) electrons. The first-order chi connectivity index (χ1) is 19.4. The Hall–Kier alpha value is -4.90. The van der Waals surface area contributed by atoms with Crippen LogP contribution in [0.15, 0.2) is 107 Å². The molecule has 0 aliphatic carbocycles. The van der Waals surface area contributed by atoms with Crippen LogP contribution in [-0.4, -0.2) is 27.5 Å². The molecule has 5 aromatic rings. The van der Waals surface area contributed by atoms with E-state index in [1.807, 2.05) is 61.0 Å². The predicted octanol–water partition coefficient (Wildman–Crippen LogP) is 8.10. The Morgan fingerprint density at radius 3 is 1.38 bits per heavy atom. The van der Waals surface area contributed by atoms with Gasteiger partial charge in [-0.25, -0.2) is 0 Å². The van der Waals surface area contributed by atoms with Gasteiger partial charge in [0.05, 0.1) is 35.2 Å². The van der Waals surface area contributed by atoms with E-state index < -0.39 is 0 Å². The van der Waals surface area contributed by atoms with Crippen molar-refractivity contribution < 1.29 is 5.11 Å². The molecule has 3 aromatic carbocycles. The number of nitrogens with zero attached hydrogens (tertiary/aromatic N) is 4. The van der Waals surface area contributed by atoms with Crippen molar-refractivity contribution >= 4 is 23.8 Å². The Labute approximate surface area is 235 Å². The Kier molecular flexibility index (Phi) is 7.92. The molecule has 2 heterocycles. The normalized spacial score (nSPS) is 12.3. The van der Waals surface area contributed by atoms with Crippen molar-refractivity contribution in [2.24, 2.45) is 9.98 Å². The predicted molar refractivity (Wildman–Crippen MR) is 164 cm³/mol. The Balaban J connectivity index is 1.56. The Bertz CT molecular complexity index is 1520. The number of phenols is 1. The van der Waals surface area contributed by atoms with E-state index in [0.717, 1.165) is 50.6 Å². The minimum atomic E-state index is -0.0296. The van der Waals surface area contributed by atoms with Gasteiger partial charge in [-0.15, -0.1) is 0 Å². The minimum absolute atomic E-state index is 0.0296. The van der Waals surface area contributed by atoms with Crippen LogP contribution >= 0.6 is 0 Å². The quantitative estimate of drug-likeness (QED) is 0.173. The minimum Gasteiger partial charge on any atom is -0.508 e. The van der Waals surface area contributed by atoms with E-state index in [-0.39, 0.29) is 11.7 Å². The summed E-state index contributed by atoms with van der Waals surface area (Å²) in [5, 5.41) is 9.99. The third kappa shape index (κ3) is 6.05. The van der Waals surface area contributed by atoms with Crippen LogP contribution in [0.25, 0.3) is 0 Å². The monoisotopic (exact) mass is 524 g/mol. The van der Waals surface area contributed by atoms with Gasteiger partial charge in [0, 0.05) is 18.3 Å². The van der Waals surface area contributed by atoms with Crippen molar-refractivity contribution in [1.29, 1.82) is 0 Å². The van der Waals surface area contributed by atoms with Gasteiger partial charge in [-0.1, -0.05) is 48.5 Å². The molecular formula is C35H32N4O. The van der Waals surface area contributed by atoms with Gasteiger partial charge in [-0.05, 0) is 103 Å². The Morgan fingerprint density at radius 2 is 1.00 bits per heavy atom. The van der Waals surface area contributed by atoms with E-state index in [1.54, 1.807) is 24.5 Å². The summed E-state index contributed by atoms with van der Waals surface area (Å²) in [7, 11) is 0. The third-order valence-corrected chi connectivity index (χ3v) is 6.95. The maximum absolute atomic E-state index is 9.99. The molecule has 5 nitrogen and oxygen atoms in total. The molecule has 0 unspecified atom stereocenters. The van der Waals surface area contributed by atoms with Crippen LogP contribution in [-0.2, 0) is 0 Å². The number of aromatic hydroxyl groups is 1. The lowest BCUT2D eigenvalue weighted by molar-refractivity contribution is 0.475. The number of benzene rings is 3. The summed E-state index contributed by atoms with van der Waals surface area (Å²) in [6.45, 7) is 8.39. The van der Waals surface area contributed by atoms with Crippen molar-refractivity contribution in [2.45, 2.75) is 33.6 Å². The van der Waals surface area contributed by atoms with Crippen LogP contribution in [0, 0.1) is 27.7 Å². The van der Waals surface area contributed by atoms with E-state index in [0.29, 0.717) is 0 Å². The van der Waals surface area contributed by atoms with E-state index in [4.69, 9.17) is 9.98 Å². The summed E-state index contributed by atoms with van der Waals surface area (Å²) in [4.78, 5) is 18.3. The van der Waals surface area contributed by atoms with E-state index >= 15 is 0 Å². The van der Waals surface area contributed by atoms with Gasteiger partial charge in [0.2, 0.25) is 0 Å². The topological polar surface area (TPSA) is 70.7 Å². The average Bonchev–Trinajstić information content (AvgIpc) is 2.94. The highest BCUT2D eigenvalue weighted by Crippen LogP contribution is 2.39. The second-order valence-electron chi connectivity index (χ2n) is 10.1. The maximum atomic E-state index is 9.99. The van der Waals surface area contributed by atoms with Gasteiger partial charge in [-0.2, -0.15) is 0 Å². The van der Waals surface area contributed by atoms with E-state index in [2.05, 4.69) is 61.9 Å². The lowest BCUT2D eigenvalue weighted by Crippen LogP contribution is -2.06. The fourth-order valence-corrected chi connectivity index (χ4v) is 5.13. The van der Waals surface area contributed by atoms with Crippen LogP contribution in [0.1, 0.15) is 56.2 Å². The molecule has 5 heteroatoms. The molecule has 2 aromatic heterocycles. The standard InChI is InChI=1S/C35H32N4O/c1-23-17-28(18-24(2)34(23)38-21-30-9-5-7-15-36-30)33(27-11-13-32(40)14-12-27)29-19-25(3)35(26(4)20-29)39-22-31-10-6-8-16-37-31/h5-22,33,40H,1-4H3. The number of pyridine rings is 2. The molecule has 1 N–H and O–H groups in total. The number of rotatable bonds is 7. The Morgan fingerprint density at radius 1 is 0.575 bits per heavy atom. The largest absolute Gasteiger partial charge is 0.508 e. The van der Waals surface area contributed by atoms with Gasteiger partial charge in [-0.3, -0.25) is 20.0 Å². The first-order valence-electron chi connectivity index (χ1n) is 13.3. The summed E-state index contributed by atoms with van der Waals surface area (Å²) in [5.41, 5.74) is 11.4. The van der Waals surface area contributed by atoms with Crippen LogP contribution in [0.5, 0.6) is 5.75 Å². The van der Waals surface area contributed by atoms with Gasteiger partial charge in [0.25, 0.3) is 0 Å². The molecule has 0 amide bonds. The van der Waals surface area contributed by atoms with Crippen LogP contribution in [0.4, 0.5) is 11.4 Å². The summed E-state index contributed by atoms with van der Waals surface area (Å²) in [6.07, 6.45) is 7.16. The highest BCUT2D eigenvalue weighted by atomic mass is 16.3. The highest BCUT2D eigenvalue weighted by molar-refractivity contribution is 5.81. The van der Waals surface area contributed by atoms with E-state index in [9.17, 15) is 5.11 Å². The first kappa shape index (κ1) is 26.7. The second-order valence-corrected chi connectivity index (χ2v) is 10.1. The second kappa shape index (κ2) is 11.9. The molecular weight excluding hydrogens is 492 g/mol. The number of hydrogen-bond acceptors (Lipinski definition) is 5. The SMILES string of the molecule is Cc1cc(C(c2ccc(O)cc2)c2cc(C)c(N=Cc3ccccn3)c(C)c2)cc(C)c1N=Cc1ccccn1. The average molecular weight is 525 g/mol. The summed E-state index contributed by atoms with van der Waals surface area (Å²) in [5.74, 6) is 0.221. The van der Waals surface area contributed by atoms with Crippen LogP contribution < -0.4 is 0 Å². The third-order valence-electron chi connectivity index (χ3n) is 6.95. The smallest absolute Gasteiger partial charge is 0.115 e. The van der Waals surface area contributed by atoms with Crippen molar-refractivity contribution in [3.05, 3.63) is 148 Å². The molecule has 0 bridgehead atoms. The van der Waals surface area contributed by atoms with E-state index in [1.165, 1.54) is 11.1 Å². The number of phenolic OH excluding ortho intramolecular Hbond substituents is 1.